The van der Waals surface area contributed by atoms with Gasteiger partial charge in [0.05, 0.1) is 24.1 Å². The summed E-state index contributed by atoms with van der Waals surface area (Å²) >= 11 is 0. The van der Waals surface area contributed by atoms with Crippen LogP contribution in [0.5, 0.6) is 0 Å². The monoisotopic (exact) mass is 509 g/mol. The maximum Gasteiger partial charge on any atom is 0.311 e. The summed E-state index contributed by atoms with van der Waals surface area (Å²) in [6.07, 6.45) is 3.21. The Morgan fingerprint density at radius 2 is 1.68 bits per heavy atom. The van der Waals surface area contributed by atoms with Crippen molar-refractivity contribution >= 4 is 33.6 Å². The Labute approximate surface area is 221 Å². The van der Waals surface area contributed by atoms with Crippen molar-refractivity contribution in [3.63, 3.8) is 0 Å². The number of pyridine rings is 1. The summed E-state index contributed by atoms with van der Waals surface area (Å²) in [6.45, 7) is 2.55. The third-order valence-electron chi connectivity index (χ3n) is 8.12. The molecule has 2 saturated heterocycles. The predicted molar refractivity (Wildman–Crippen MR) is 145 cm³/mol. The van der Waals surface area contributed by atoms with E-state index in [1.807, 2.05) is 30.5 Å². The molecule has 2 fully saturated rings. The van der Waals surface area contributed by atoms with Crippen LogP contribution in [-0.2, 0) is 32.3 Å². The number of methoxy groups -OCH3 is 1. The number of aromatic nitrogens is 1. The van der Waals surface area contributed by atoms with Crippen LogP contribution in [0.4, 0.5) is 0 Å². The van der Waals surface area contributed by atoms with Gasteiger partial charge < -0.3 is 4.74 Å². The Hall–Kier alpha value is -3.81. The number of hydroxylamine groups is 2. The molecule has 1 amide bonds. The highest BCUT2D eigenvalue weighted by Gasteiger charge is 2.58. The minimum Gasteiger partial charge on any atom is -0.469 e. The van der Waals surface area contributed by atoms with E-state index >= 15 is 0 Å². The third kappa shape index (κ3) is 4.52. The quantitative estimate of drug-likeness (QED) is 0.345. The Bertz CT molecular complexity index is 1500. The number of rotatable bonds is 6. The number of benzene rings is 3. The Morgan fingerprint density at radius 1 is 0.947 bits per heavy atom. The van der Waals surface area contributed by atoms with Crippen molar-refractivity contribution in [2.75, 3.05) is 20.2 Å². The topological polar surface area (TPSA) is 72.0 Å². The number of nitrogens with zero attached hydrogens (tertiary/aromatic N) is 3. The van der Waals surface area contributed by atoms with Gasteiger partial charge in [-0.15, -0.1) is 0 Å². The number of hydrogen-bond donors (Lipinski definition) is 0. The van der Waals surface area contributed by atoms with Crippen LogP contribution in [0.2, 0.25) is 0 Å². The lowest BCUT2D eigenvalue weighted by atomic mass is 9.77. The molecule has 1 aromatic heterocycles. The zero-order valence-electron chi connectivity index (χ0n) is 21.5. The summed E-state index contributed by atoms with van der Waals surface area (Å²) < 4.78 is 5.14. The molecular weight excluding hydrogens is 478 g/mol. The molecule has 7 nitrogen and oxygen atoms in total. The third-order valence-corrected chi connectivity index (χ3v) is 8.12. The molecule has 7 heteroatoms. The molecule has 1 unspecified atom stereocenters. The first-order valence-electron chi connectivity index (χ1n) is 13.1. The molecular formula is C31H31N3O4. The molecule has 0 N–H and O–H groups in total. The van der Waals surface area contributed by atoms with Gasteiger partial charge in [-0.25, -0.2) is 5.06 Å². The molecule has 3 aromatic carbocycles. The second kappa shape index (κ2) is 10.2. The Kier molecular flexibility index (Phi) is 6.55. The second-order valence-corrected chi connectivity index (χ2v) is 10.3. The van der Waals surface area contributed by atoms with Crippen LogP contribution in [0.1, 0.15) is 30.4 Å². The highest BCUT2D eigenvalue weighted by Crippen LogP contribution is 2.45. The van der Waals surface area contributed by atoms with Crippen molar-refractivity contribution < 1.29 is 19.2 Å². The van der Waals surface area contributed by atoms with Crippen molar-refractivity contribution in [2.24, 2.45) is 5.92 Å². The molecule has 2 aliphatic heterocycles. The van der Waals surface area contributed by atoms with Crippen LogP contribution in [0, 0.1) is 5.92 Å². The van der Waals surface area contributed by atoms with E-state index in [9.17, 15) is 9.59 Å². The highest BCUT2D eigenvalue weighted by atomic mass is 16.7. The van der Waals surface area contributed by atoms with Crippen LogP contribution in [0.25, 0.3) is 21.7 Å². The summed E-state index contributed by atoms with van der Waals surface area (Å²) in [5.41, 5.74) is 2.46. The summed E-state index contributed by atoms with van der Waals surface area (Å²) in [4.78, 5) is 39.1. The van der Waals surface area contributed by atoms with E-state index in [2.05, 4.69) is 58.4 Å². The number of amides is 1. The highest BCUT2D eigenvalue weighted by molar-refractivity contribution is 5.88. The van der Waals surface area contributed by atoms with Gasteiger partial charge in [0.1, 0.15) is 6.61 Å². The molecule has 0 radical (unpaired) electrons. The zero-order valence-corrected chi connectivity index (χ0v) is 21.5. The van der Waals surface area contributed by atoms with Crippen LogP contribution in [-0.4, -0.2) is 52.6 Å². The molecule has 1 spiro atoms. The number of carbonyl (C=O) groups excluding carboxylic acids is 2. The minimum atomic E-state index is -0.706. The van der Waals surface area contributed by atoms with Gasteiger partial charge in [0.2, 0.25) is 5.91 Å². The van der Waals surface area contributed by atoms with E-state index in [-0.39, 0.29) is 24.9 Å². The summed E-state index contributed by atoms with van der Waals surface area (Å²) in [6, 6.07) is 24.7. The Balaban J connectivity index is 1.19. The number of fused-ring (bicyclic) bond motifs is 2. The van der Waals surface area contributed by atoms with Crippen molar-refractivity contribution in [2.45, 2.75) is 38.0 Å². The SMILES string of the molecule is COC(=O)C1CC(=O)N(OCc2ccc3ccccc3c2)C12CCN(Cc1ccc3cccnc3c1)CC2. The summed E-state index contributed by atoms with van der Waals surface area (Å²) in [7, 11) is 1.39. The fourth-order valence-electron chi connectivity index (χ4n) is 6.07. The van der Waals surface area contributed by atoms with E-state index in [4.69, 9.17) is 9.57 Å². The molecule has 6 rings (SSSR count). The van der Waals surface area contributed by atoms with Crippen LogP contribution in [0.3, 0.4) is 0 Å². The second-order valence-electron chi connectivity index (χ2n) is 10.3. The maximum atomic E-state index is 13.2. The van der Waals surface area contributed by atoms with E-state index in [0.717, 1.165) is 46.9 Å². The molecule has 194 valence electrons. The minimum absolute atomic E-state index is 0.112. The molecule has 0 aliphatic carbocycles. The van der Waals surface area contributed by atoms with E-state index in [0.29, 0.717) is 12.8 Å². The van der Waals surface area contributed by atoms with E-state index < -0.39 is 11.5 Å². The lowest BCUT2D eigenvalue weighted by Gasteiger charge is -2.45. The van der Waals surface area contributed by atoms with Crippen molar-refractivity contribution in [3.05, 3.63) is 90.1 Å². The number of likely N-dealkylation sites (tertiary alicyclic amines) is 1. The fourth-order valence-corrected chi connectivity index (χ4v) is 6.07. The number of hydrogen-bond acceptors (Lipinski definition) is 6. The first-order chi connectivity index (χ1) is 18.6. The number of esters is 1. The number of ether oxygens (including phenoxy) is 1. The first kappa shape index (κ1) is 24.5. The van der Waals surface area contributed by atoms with Gasteiger partial charge >= 0.3 is 5.97 Å². The Morgan fingerprint density at radius 3 is 2.50 bits per heavy atom. The molecule has 2 aliphatic rings. The van der Waals surface area contributed by atoms with Crippen LogP contribution >= 0.6 is 0 Å². The van der Waals surface area contributed by atoms with E-state index in [1.54, 1.807) is 0 Å². The first-order valence-corrected chi connectivity index (χ1v) is 13.1. The summed E-state index contributed by atoms with van der Waals surface area (Å²) in [5.74, 6) is -1.04. The van der Waals surface area contributed by atoms with Gasteiger partial charge in [-0.3, -0.25) is 24.3 Å². The molecule has 4 aromatic rings. The molecule has 0 bridgehead atoms. The van der Waals surface area contributed by atoms with Crippen molar-refractivity contribution in [1.82, 2.24) is 14.9 Å². The maximum absolute atomic E-state index is 13.2. The lowest BCUT2D eigenvalue weighted by Crippen LogP contribution is -2.57. The summed E-state index contributed by atoms with van der Waals surface area (Å²) in [5, 5.41) is 4.92. The smallest absolute Gasteiger partial charge is 0.311 e. The zero-order chi connectivity index (χ0) is 26.1. The van der Waals surface area contributed by atoms with Gasteiger partial charge in [-0.05, 0) is 52.9 Å². The van der Waals surface area contributed by atoms with Crippen LogP contribution in [0.15, 0.2) is 79.0 Å². The van der Waals surface area contributed by atoms with Gasteiger partial charge in [0.15, 0.2) is 0 Å². The standard InChI is InChI=1S/C31H31N3O4/c1-37-30(36)27-19-29(35)34(38-21-23-9-10-24-5-2-3-6-26(24)17-23)31(27)12-15-33(16-13-31)20-22-8-11-25-7-4-14-32-28(25)18-22/h2-11,14,17-18,27H,12-13,15-16,19-21H2,1H3. The fraction of sp³-hybridized carbons (Fsp3) is 0.323. The molecule has 3 heterocycles. The van der Waals surface area contributed by atoms with Gasteiger partial charge in [-0.2, -0.15) is 0 Å². The van der Waals surface area contributed by atoms with Crippen LogP contribution < -0.4 is 0 Å². The average molecular weight is 510 g/mol. The van der Waals surface area contributed by atoms with Gasteiger partial charge in [0.25, 0.3) is 0 Å². The van der Waals surface area contributed by atoms with E-state index in [1.165, 1.54) is 17.7 Å². The van der Waals surface area contributed by atoms with Crippen molar-refractivity contribution in [1.29, 1.82) is 0 Å². The normalized spacial score (nSPS) is 19.4. The lowest BCUT2D eigenvalue weighted by molar-refractivity contribution is -0.229. The molecule has 0 saturated carbocycles. The van der Waals surface area contributed by atoms with Gasteiger partial charge in [0, 0.05) is 37.6 Å². The predicted octanol–water partition coefficient (Wildman–Crippen LogP) is 4.88. The molecule has 38 heavy (non-hydrogen) atoms. The number of piperidine rings is 1. The molecule has 1 atom stereocenters. The van der Waals surface area contributed by atoms with Crippen molar-refractivity contribution in [3.8, 4) is 0 Å². The largest absolute Gasteiger partial charge is 0.469 e. The average Bonchev–Trinajstić information content (AvgIpc) is 3.22. The van der Waals surface area contributed by atoms with Gasteiger partial charge in [-0.1, -0.05) is 54.6 Å². The number of carbonyl (C=O) groups is 2.